The van der Waals surface area contributed by atoms with Crippen molar-refractivity contribution in [2.45, 2.75) is 44.2 Å². The smallest absolute Gasteiger partial charge is 0.410 e. The zero-order valence-electron chi connectivity index (χ0n) is 17.4. The second kappa shape index (κ2) is 9.36. The van der Waals surface area contributed by atoms with E-state index in [1.807, 2.05) is 0 Å². The zero-order valence-corrected chi connectivity index (χ0v) is 18.2. The molecule has 1 amide bonds. The van der Waals surface area contributed by atoms with E-state index in [4.69, 9.17) is 9.47 Å². The molecule has 1 unspecified atom stereocenters. The Hall–Kier alpha value is -2.77. The van der Waals surface area contributed by atoms with Crippen molar-refractivity contribution >= 4 is 22.1 Å². The number of carboxylic acid groups (broad SMARTS) is 1. The standard InChI is InChI=1S/C20H26N2O7S/c1-5-6-13-28-15-7-9-16(10-8-15)30(26,27)22-12-11-21(14-17(22)18(23)24)19(25)29-20(2,3)4/h7-10,17H,11-14H2,1-4H3,(H,23,24). The molecule has 1 heterocycles. The van der Waals surface area contributed by atoms with Gasteiger partial charge in [-0.3, -0.25) is 4.79 Å². The molecule has 0 bridgehead atoms. The number of carboxylic acids is 1. The van der Waals surface area contributed by atoms with Crippen molar-refractivity contribution in [1.82, 2.24) is 9.21 Å². The van der Waals surface area contributed by atoms with Gasteiger partial charge in [0.15, 0.2) is 0 Å². The van der Waals surface area contributed by atoms with Crippen LogP contribution in [-0.4, -0.2) is 72.7 Å². The lowest BCUT2D eigenvalue weighted by molar-refractivity contribution is -0.143. The van der Waals surface area contributed by atoms with Crippen molar-refractivity contribution in [2.24, 2.45) is 0 Å². The summed E-state index contributed by atoms with van der Waals surface area (Å²) < 4.78 is 37.6. The molecule has 1 N–H and O–H groups in total. The van der Waals surface area contributed by atoms with Gasteiger partial charge in [0.2, 0.25) is 10.0 Å². The van der Waals surface area contributed by atoms with Crippen molar-refractivity contribution in [1.29, 1.82) is 0 Å². The lowest BCUT2D eigenvalue weighted by atomic mass is 10.2. The third-order valence-corrected chi connectivity index (χ3v) is 6.11. The number of carbonyl (C=O) groups is 2. The highest BCUT2D eigenvalue weighted by Crippen LogP contribution is 2.24. The molecule has 2 rings (SSSR count). The minimum atomic E-state index is -4.09. The van der Waals surface area contributed by atoms with Crippen LogP contribution < -0.4 is 4.74 Å². The molecule has 1 aliphatic rings. The van der Waals surface area contributed by atoms with Gasteiger partial charge in [0.05, 0.1) is 11.4 Å². The van der Waals surface area contributed by atoms with E-state index in [0.29, 0.717) is 5.75 Å². The Morgan fingerprint density at radius 3 is 2.37 bits per heavy atom. The van der Waals surface area contributed by atoms with Gasteiger partial charge < -0.3 is 19.5 Å². The molecule has 164 valence electrons. The van der Waals surface area contributed by atoms with Gasteiger partial charge >= 0.3 is 12.1 Å². The highest BCUT2D eigenvalue weighted by atomic mass is 32.2. The summed E-state index contributed by atoms with van der Waals surface area (Å²) in [6.07, 6.45) is -0.678. The normalized spacial score (nSPS) is 17.6. The number of piperazine rings is 1. The molecule has 1 fully saturated rings. The van der Waals surface area contributed by atoms with E-state index >= 15 is 0 Å². The van der Waals surface area contributed by atoms with E-state index < -0.39 is 33.7 Å². The number of ether oxygens (including phenoxy) is 2. The summed E-state index contributed by atoms with van der Waals surface area (Å²) in [6, 6.07) is 4.24. The monoisotopic (exact) mass is 438 g/mol. The van der Waals surface area contributed by atoms with Gasteiger partial charge in [0.1, 0.15) is 24.0 Å². The van der Waals surface area contributed by atoms with Crippen molar-refractivity contribution in [3.05, 3.63) is 24.3 Å². The van der Waals surface area contributed by atoms with E-state index in [9.17, 15) is 23.1 Å². The molecule has 10 heteroatoms. The summed E-state index contributed by atoms with van der Waals surface area (Å²) in [4.78, 5) is 25.2. The van der Waals surface area contributed by atoms with Crippen LogP contribution in [0.4, 0.5) is 4.79 Å². The van der Waals surface area contributed by atoms with Crippen LogP contribution in [0.1, 0.15) is 27.7 Å². The fraction of sp³-hybridized carbons (Fsp3) is 0.500. The average Bonchev–Trinajstić information content (AvgIpc) is 2.66. The number of carbonyl (C=O) groups excluding carboxylic acids is 1. The van der Waals surface area contributed by atoms with E-state index in [1.165, 1.54) is 29.2 Å². The molecule has 0 radical (unpaired) electrons. The first-order valence-corrected chi connectivity index (χ1v) is 10.7. The van der Waals surface area contributed by atoms with Crippen molar-refractivity contribution in [3.63, 3.8) is 0 Å². The van der Waals surface area contributed by atoms with Gasteiger partial charge in [0.25, 0.3) is 0 Å². The number of rotatable bonds is 5. The van der Waals surface area contributed by atoms with Gasteiger partial charge in [-0.2, -0.15) is 4.31 Å². The van der Waals surface area contributed by atoms with Crippen molar-refractivity contribution < 1.29 is 32.6 Å². The van der Waals surface area contributed by atoms with Crippen molar-refractivity contribution in [3.8, 4) is 17.6 Å². The first kappa shape index (κ1) is 23.5. The molecule has 1 atom stereocenters. The van der Waals surface area contributed by atoms with E-state index in [-0.39, 0.29) is 31.1 Å². The Labute approximate surface area is 176 Å². The SMILES string of the molecule is CC#CCOc1ccc(S(=O)(=O)N2CCN(C(=O)OC(C)(C)C)CC2C(=O)O)cc1. The van der Waals surface area contributed by atoms with E-state index in [2.05, 4.69) is 11.8 Å². The maximum atomic E-state index is 13.0. The summed E-state index contributed by atoms with van der Waals surface area (Å²) >= 11 is 0. The molecule has 0 aliphatic carbocycles. The average molecular weight is 439 g/mol. The van der Waals surface area contributed by atoms with Gasteiger partial charge in [-0.1, -0.05) is 5.92 Å². The maximum Gasteiger partial charge on any atom is 0.410 e. The van der Waals surface area contributed by atoms with Crippen LogP contribution >= 0.6 is 0 Å². The fourth-order valence-electron chi connectivity index (χ4n) is 2.78. The number of hydrogen-bond acceptors (Lipinski definition) is 6. The summed E-state index contributed by atoms with van der Waals surface area (Å²) in [5, 5.41) is 9.60. The Morgan fingerprint density at radius 1 is 1.20 bits per heavy atom. The second-order valence-corrected chi connectivity index (χ2v) is 9.47. The zero-order chi connectivity index (χ0) is 22.5. The number of amides is 1. The Bertz CT molecular complexity index is 940. The summed E-state index contributed by atoms with van der Waals surface area (Å²) in [5.41, 5.74) is -0.745. The molecular weight excluding hydrogens is 412 g/mol. The molecular formula is C20H26N2O7S. The van der Waals surface area contributed by atoms with Crippen LogP contribution in [0, 0.1) is 11.8 Å². The van der Waals surface area contributed by atoms with Crippen LogP contribution in [0.3, 0.4) is 0 Å². The van der Waals surface area contributed by atoms with Crippen LogP contribution in [0.25, 0.3) is 0 Å². The molecule has 1 saturated heterocycles. The Morgan fingerprint density at radius 2 is 1.83 bits per heavy atom. The van der Waals surface area contributed by atoms with Gasteiger partial charge in [-0.05, 0) is 52.0 Å². The Balaban J connectivity index is 2.19. The predicted molar refractivity (Wildman–Crippen MR) is 109 cm³/mol. The third-order valence-electron chi connectivity index (χ3n) is 4.19. The fourth-order valence-corrected chi connectivity index (χ4v) is 4.35. The van der Waals surface area contributed by atoms with E-state index in [1.54, 1.807) is 27.7 Å². The molecule has 9 nitrogen and oxygen atoms in total. The van der Waals surface area contributed by atoms with Gasteiger partial charge in [-0.25, -0.2) is 13.2 Å². The topological polar surface area (TPSA) is 113 Å². The van der Waals surface area contributed by atoms with Crippen LogP contribution in [0.15, 0.2) is 29.2 Å². The minimum absolute atomic E-state index is 0.0226. The molecule has 1 aromatic rings. The molecule has 30 heavy (non-hydrogen) atoms. The first-order chi connectivity index (χ1) is 14.0. The summed E-state index contributed by atoms with van der Waals surface area (Å²) in [6.45, 7) is 6.50. The molecule has 0 spiro atoms. The number of nitrogens with zero attached hydrogens (tertiary/aromatic N) is 2. The second-order valence-electron chi connectivity index (χ2n) is 7.58. The number of hydrogen-bond donors (Lipinski definition) is 1. The largest absolute Gasteiger partial charge is 0.481 e. The van der Waals surface area contributed by atoms with E-state index in [0.717, 1.165) is 4.31 Å². The van der Waals surface area contributed by atoms with Gasteiger partial charge in [0, 0.05) is 13.1 Å². The van der Waals surface area contributed by atoms with Crippen LogP contribution in [-0.2, 0) is 19.6 Å². The maximum absolute atomic E-state index is 13.0. The predicted octanol–water partition coefficient (Wildman–Crippen LogP) is 1.78. The minimum Gasteiger partial charge on any atom is -0.481 e. The number of sulfonamides is 1. The molecule has 1 aliphatic heterocycles. The van der Waals surface area contributed by atoms with Crippen LogP contribution in [0.5, 0.6) is 5.75 Å². The lowest BCUT2D eigenvalue weighted by Gasteiger charge is -2.38. The highest BCUT2D eigenvalue weighted by molar-refractivity contribution is 7.89. The third kappa shape index (κ3) is 5.87. The summed E-state index contributed by atoms with van der Waals surface area (Å²) in [5.74, 6) is 4.52. The number of aliphatic carboxylic acids is 1. The lowest BCUT2D eigenvalue weighted by Crippen LogP contribution is -2.59. The van der Waals surface area contributed by atoms with Crippen molar-refractivity contribution in [2.75, 3.05) is 26.2 Å². The molecule has 0 aromatic heterocycles. The quantitative estimate of drug-likeness (QED) is 0.697. The first-order valence-electron chi connectivity index (χ1n) is 9.31. The summed E-state index contributed by atoms with van der Waals surface area (Å²) in [7, 11) is -4.09. The van der Waals surface area contributed by atoms with Crippen LogP contribution in [0.2, 0.25) is 0 Å². The Kier molecular flexibility index (Phi) is 7.34. The van der Waals surface area contributed by atoms with Gasteiger partial charge in [-0.15, -0.1) is 5.92 Å². The number of benzene rings is 1. The highest BCUT2D eigenvalue weighted by Gasteiger charge is 2.42. The molecule has 0 saturated carbocycles. The molecule has 1 aromatic carbocycles.